The third-order valence-corrected chi connectivity index (χ3v) is 7.37. The highest BCUT2D eigenvalue weighted by Crippen LogP contribution is 2.40. The number of sulfone groups is 1. The van der Waals surface area contributed by atoms with E-state index in [9.17, 15) is 30.8 Å². The maximum Gasteiger partial charge on any atom is 0.262 e. The smallest absolute Gasteiger partial charge is 0.262 e. The van der Waals surface area contributed by atoms with E-state index in [1.165, 1.54) is 30.3 Å². The fourth-order valence-electron chi connectivity index (χ4n) is 3.03. The lowest BCUT2D eigenvalue weighted by Gasteiger charge is -2.19. The summed E-state index contributed by atoms with van der Waals surface area (Å²) < 4.78 is 80.4. The third kappa shape index (κ3) is 4.42. The Morgan fingerprint density at radius 3 is 2.31 bits per heavy atom. The summed E-state index contributed by atoms with van der Waals surface area (Å²) in [6.07, 6.45) is 1.22. The number of benzene rings is 3. The molecule has 1 aliphatic rings. The van der Waals surface area contributed by atoms with Crippen molar-refractivity contribution in [1.82, 2.24) is 0 Å². The average Bonchev–Trinajstić information content (AvgIpc) is 2.73. The number of rotatable bonds is 4. The minimum absolute atomic E-state index is 0.0219. The van der Waals surface area contributed by atoms with Gasteiger partial charge in [-0.25, -0.2) is 26.0 Å². The molecule has 4 rings (SSSR count). The van der Waals surface area contributed by atoms with Crippen LogP contribution in [0.2, 0.25) is 0 Å². The number of hydrogen-bond acceptors (Lipinski definition) is 4. The Labute approximate surface area is 184 Å². The molecule has 0 aliphatic carbocycles. The lowest BCUT2D eigenvalue weighted by molar-refractivity contribution is -0.112. The third-order valence-electron chi connectivity index (χ3n) is 4.65. The van der Waals surface area contributed by atoms with Crippen molar-refractivity contribution in [2.75, 3.05) is 5.32 Å². The highest BCUT2D eigenvalue weighted by molar-refractivity contribution is 8.04. The second kappa shape index (κ2) is 8.44. The first-order valence-corrected chi connectivity index (χ1v) is 11.6. The number of anilines is 1. The van der Waals surface area contributed by atoms with Gasteiger partial charge in [-0.15, -0.1) is 0 Å². The Kier molecular flexibility index (Phi) is 5.83. The summed E-state index contributed by atoms with van der Waals surface area (Å²) in [5.41, 5.74) is -0.266. The maximum absolute atomic E-state index is 14.0. The van der Waals surface area contributed by atoms with E-state index in [4.69, 9.17) is 0 Å². The van der Waals surface area contributed by atoms with Crippen molar-refractivity contribution in [2.24, 2.45) is 0 Å². The number of carbonyl (C=O) groups is 1. The van der Waals surface area contributed by atoms with Gasteiger partial charge in [0, 0.05) is 22.1 Å². The van der Waals surface area contributed by atoms with Crippen molar-refractivity contribution in [3.63, 3.8) is 0 Å². The van der Waals surface area contributed by atoms with Gasteiger partial charge < -0.3 is 5.32 Å². The zero-order chi connectivity index (χ0) is 23.0. The van der Waals surface area contributed by atoms with Gasteiger partial charge in [0.15, 0.2) is 9.84 Å². The Balaban J connectivity index is 1.67. The fourth-order valence-corrected chi connectivity index (χ4v) is 5.48. The monoisotopic (exact) mass is 479 g/mol. The molecule has 164 valence electrons. The molecule has 0 saturated carbocycles. The van der Waals surface area contributed by atoms with Crippen LogP contribution >= 0.6 is 11.8 Å². The van der Waals surface area contributed by atoms with E-state index in [0.29, 0.717) is 16.6 Å². The van der Waals surface area contributed by atoms with E-state index in [-0.39, 0.29) is 15.4 Å². The molecular weight excluding hydrogens is 466 g/mol. The van der Waals surface area contributed by atoms with Gasteiger partial charge in [-0.05, 0) is 48.5 Å². The number of thioether (sulfide) groups is 1. The lowest BCUT2D eigenvalue weighted by atomic mass is 10.2. The van der Waals surface area contributed by atoms with Crippen molar-refractivity contribution in [2.45, 2.75) is 15.5 Å². The highest BCUT2D eigenvalue weighted by atomic mass is 32.2. The van der Waals surface area contributed by atoms with Crippen LogP contribution in [0.1, 0.15) is 11.1 Å². The molecule has 0 radical (unpaired) electrons. The van der Waals surface area contributed by atoms with Crippen LogP contribution in [0.5, 0.6) is 0 Å². The summed E-state index contributed by atoms with van der Waals surface area (Å²) in [6, 6.07) is 9.82. The molecule has 32 heavy (non-hydrogen) atoms. The maximum atomic E-state index is 14.0. The van der Waals surface area contributed by atoms with E-state index in [2.05, 4.69) is 5.32 Å². The first-order chi connectivity index (χ1) is 15.1. The second-order valence-corrected chi connectivity index (χ2v) is 9.92. The van der Waals surface area contributed by atoms with Crippen LogP contribution in [0, 0.1) is 23.3 Å². The van der Waals surface area contributed by atoms with Gasteiger partial charge in [0.05, 0.1) is 21.2 Å². The molecule has 1 N–H and O–H groups in total. The molecule has 3 aromatic rings. The van der Waals surface area contributed by atoms with Crippen LogP contribution in [0.15, 0.2) is 69.3 Å². The van der Waals surface area contributed by atoms with E-state index < -0.39 is 50.3 Å². The summed E-state index contributed by atoms with van der Waals surface area (Å²) in [7, 11) is -4.12. The molecule has 0 aromatic heterocycles. The van der Waals surface area contributed by atoms with Crippen molar-refractivity contribution in [3.8, 4) is 0 Å². The molecule has 0 unspecified atom stereocenters. The van der Waals surface area contributed by atoms with Gasteiger partial charge in [0.2, 0.25) is 0 Å². The van der Waals surface area contributed by atoms with Crippen molar-refractivity contribution < 1.29 is 30.8 Å². The number of carbonyl (C=O) groups excluding carboxylic acids is 1. The van der Waals surface area contributed by atoms with Crippen LogP contribution in [0.4, 0.5) is 23.2 Å². The summed E-state index contributed by atoms with van der Waals surface area (Å²) >= 11 is 0.892. The minimum atomic E-state index is -4.12. The van der Waals surface area contributed by atoms with E-state index in [1.54, 1.807) is 0 Å². The largest absolute Gasteiger partial charge is 0.320 e. The molecule has 0 bridgehead atoms. The highest BCUT2D eigenvalue weighted by Gasteiger charge is 2.26. The molecule has 3 aromatic carbocycles. The second-order valence-electron chi connectivity index (χ2n) is 6.85. The Morgan fingerprint density at radius 2 is 1.62 bits per heavy atom. The molecular formula is C22H13F4NO3S2. The SMILES string of the molecule is O=C1Nc2ccc(S(=O)(=O)Cc3c(F)cccc3F)cc2S/C1=C\c1ccc(F)cc1F. The van der Waals surface area contributed by atoms with Gasteiger partial charge in [0.25, 0.3) is 5.91 Å². The van der Waals surface area contributed by atoms with Crippen LogP contribution in [-0.4, -0.2) is 14.3 Å². The molecule has 4 nitrogen and oxygen atoms in total. The Morgan fingerprint density at radius 1 is 0.906 bits per heavy atom. The summed E-state index contributed by atoms with van der Waals surface area (Å²) in [5, 5.41) is 2.57. The molecule has 0 fully saturated rings. The molecule has 1 amide bonds. The quantitative estimate of drug-likeness (QED) is 0.407. The van der Waals surface area contributed by atoms with Crippen LogP contribution < -0.4 is 5.32 Å². The fraction of sp³-hybridized carbons (Fsp3) is 0.0455. The van der Waals surface area contributed by atoms with Crippen molar-refractivity contribution in [1.29, 1.82) is 0 Å². The molecule has 1 heterocycles. The number of hydrogen-bond donors (Lipinski definition) is 1. The predicted molar refractivity (Wildman–Crippen MR) is 113 cm³/mol. The standard InChI is InChI=1S/C22H13F4NO3S2/c23-13-5-4-12(18(26)9-13)8-21-22(28)27-19-7-6-14(10-20(19)31-21)32(29,30)11-15-16(24)2-1-3-17(15)25/h1-10H,11H2,(H,27,28)/b21-8-. The van der Waals surface area contributed by atoms with Gasteiger partial charge in [-0.1, -0.05) is 17.8 Å². The van der Waals surface area contributed by atoms with Gasteiger partial charge in [-0.3, -0.25) is 4.79 Å². The molecule has 0 spiro atoms. The number of fused-ring (bicyclic) bond motifs is 1. The number of amides is 1. The van der Waals surface area contributed by atoms with Gasteiger partial charge in [0.1, 0.15) is 23.3 Å². The van der Waals surface area contributed by atoms with Crippen LogP contribution in [0.25, 0.3) is 6.08 Å². The summed E-state index contributed by atoms with van der Waals surface area (Å²) in [6.45, 7) is 0. The first kappa shape index (κ1) is 22.1. The van der Waals surface area contributed by atoms with E-state index in [1.807, 2.05) is 0 Å². The number of halogens is 4. The zero-order valence-electron chi connectivity index (χ0n) is 16.0. The number of nitrogens with one attached hydrogen (secondary N) is 1. The van der Waals surface area contributed by atoms with Gasteiger partial charge in [-0.2, -0.15) is 0 Å². The Bertz CT molecular complexity index is 1370. The topological polar surface area (TPSA) is 63.2 Å². The minimum Gasteiger partial charge on any atom is -0.320 e. The summed E-state index contributed by atoms with van der Waals surface area (Å²) in [4.78, 5) is 12.5. The summed E-state index contributed by atoms with van der Waals surface area (Å²) in [5.74, 6) is -5.00. The normalized spacial score (nSPS) is 14.9. The Hall–Kier alpha value is -3.11. The van der Waals surface area contributed by atoms with Gasteiger partial charge >= 0.3 is 0 Å². The average molecular weight is 479 g/mol. The van der Waals surface area contributed by atoms with Crippen LogP contribution in [0.3, 0.4) is 0 Å². The molecule has 0 atom stereocenters. The zero-order valence-corrected chi connectivity index (χ0v) is 17.7. The molecule has 10 heteroatoms. The van der Waals surface area contributed by atoms with E-state index in [0.717, 1.165) is 36.0 Å². The predicted octanol–water partition coefficient (Wildman–Crippen LogP) is 5.30. The van der Waals surface area contributed by atoms with Crippen molar-refractivity contribution >= 4 is 39.3 Å². The van der Waals surface area contributed by atoms with Crippen LogP contribution in [-0.2, 0) is 20.4 Å². The van der Waals surface area contributed by atoms with E-state index >= 15 is 0 Å². The lowest BCUT2D eigenvalue weighted by Crippen LogP contribution is -2.18. The van der Waals surface area contributed by atoms with Crippen molar-refractivity contribution in [3.05, 3.63) is 93.9 Å². The molecule has 0 saturated heterocycles. The molecule has 1 aliphatic heterocycles. The first-order valence-electron chi connectivity index (χ1n) is 9.10.